The number of nitrogens with zero attached hydrogens (tertiary/aromatic N) is 5. The van der Waals surface area contributed by atoms with Crippen LogP contribution in [0.25, 0.3) is 51.1 Å². The van der Waals surface area contributed by atoms with Crippen LogP contribution in [0.15, 0.2) is 95.4 Å². The van der Waals surface area contributed by atoms with Gasteiger partial charge >= 0.3 is 0 Å². The Morgan fingerprint density at radius 2 is 1.50 bits per heavy atom. The van der Waals surface area contributed by atoms with Gasteiger partial charge in [-0.3, -0.25) is 0 Å². The van der Waals surface area contributed by atoms with Gasteiger partial charge in [-0.1, -0.05) is 60.7 Å². The molecular formula is C26H17N5O. The first-order valence-electron chi connectivity index (χ1n) is 10.3. The van der Waals surface area contributed by atoms with Gasteiger partial charge in [0.2, 0.25) is 11.8 Å². The fourth-order valence-corrected chi connectivity index (χ4v) is 3.65. The van der Waals surface area contributed by atoms with E-state index in [0.717, 1.165) is 38.6 Å². The van der Waals surface area contributed by atoms with Crippen molar-refractivity contribution in [3.8, 4) is 17.1 Å². The van der Waals surface area contributed by atoms with Gasteiger partial charge in [-0.05, 0) is 47.4 Å². The molecule has 0 aliphatic heterocycles. The van der Waals surface area contributed by atoms with E-state index in [2.05, 4.69) is 33.5 Å². The number of rotatable bonds is 4. The molecular weight excluding hydrogens is 398 g/mol. The molecule has 0 N–H and O–H groups in total. The van der Waals surface area contributed by atoms with Crippen LogP contribution in [0.4, 0.5) is 0 Å². The van der Waals surface area contributed by atoms with Crippen LogP contribution in [0, 0.1) is 0 Å². The Hall–Kier alpha value is -4.58. The van der Waals surface area contributed by atoms with E-state index in [9.17, 15) is 0 Å². The third-order valence-corrected chi connectivity index (χ3v) is 5.28. The molecule has 0 aliphatic carbocycles. The summed E-state index contributed by atoms with van der Waals surface area (Å²) in [5.41, 5.74) is 4.58. The van der Waals surface area contributed by atoms with Crippen molar-refractivity contribution in [2.75, 3.05) is 0 Å². The minimum absolute atomic E-state index is 0.458. The Bertz CT molecular complexity index is 1560. The SMILES string of the molecule is C(=Cc1nnc(-c2ccccc2)o1)c1ccc(-n2nc3ccc4ccccc4c3n2)cc1. The molecule has 4 aromatic carbocycles. The lowest BCUT2D eigenvalue weighted by molar-refractivity contribution is 0.558. The molecule has 6 nitrogen and oxygen atoms in total. The topological polar surface area (TPSA) is 69.6 Å². The summed E-state index contributed by atoms with van der Waals surface area (Å²) in [6, 6.07) is 30.0. The molecule has 2 aromatic heterocycles. The van der Waals surface area contributed by atoms with Crippen LogP contribution in [0.3, 0.4) is 0 Å². The lowest BCUT2D eigenvalue weighted by Crippen LogP contribution is -1.97. The Balaban J connectivity index is 1.25. The van der Waals surface area contributed by atoms with Crippen LogP contribution in [0.5, 0.6) is 0 Å². The van der Waals surface area contributed by atoms with Gasteiger partial charge in [0.05, 0.1) is 5.69 Å². The van der Waals surface area contributed by atoms with E-state index in [-0.39, 0.29) is 0 Å². The van der Waals surface area contributed by atoms with Gasteiger partial charge in [-0.25, -0.2) is 0 Å². The summed E-state index contributed by atoms with van der Waals surface area (Å²) in [4.78, 5) is 1.68. The Labute approximate surface area is 183 Å². The van der Waals surface area contributed by atoms with E-state index in [0.29, 0.717) is 11.8 Å². The molecule has 0 saturated heterocycles. The smallest absolute Gasteiger partial charge is 0.248 e. The molecule has 0 spiro atoms. The first-order chi connectivity index (χ1) is 15.8. The van der Waals surface area contributed by atoms with Crippen LogP contribution in [-0.2, 0) is 0 Å². The van der Waals surface area contributed by atoms with Crippen LogP contribution < -0.4 is 0 Å². The fourth-order valence-electron chi connectivity index (χ4n) is 3.65. The van der Waals surface area contributed by atoms with E-state index in [4.69, 9.17) is 9.52 Å². The van der Waals surface area contributed by atoms with Crippen LogP contribution in [0.1, 0.15) is 11.5 Å². The van der Waals surface area contributed by atoms with Crippen molar-refractivity contribution in [1.82, 2.24) is 25.2 Å². The summed E-state index contributed by atoms with van der Waals surface area (Å²) in [5, 5.41) is 19.8. The second-order valence-corrected chi connectivity index (χ2v) is 7.38. The average molecular weight is 415 g/mol. The van der Waals surface area contributed by atoms with Crippen LogP contribution in [-0.4, -0.2) is 25.2 Å². The van der Waals surface area contributed by atoms with Crippen LogP contribution in [0.2, 0.25) is 0 Å². The summed E-state index contributed by atoms with van der Waals surface area (Å²) >= 11 is 0. The molecule has 0 unspecified atom stereocenters. The van der Waals surface area contributed by atoms with E-state index in [1.165, 1.54) is 0 Å². The van der Waals surface area contributed by atoms with Crippen molar-refractivity contribution >= 4 is 34.0 Å². The molecule has 0 amide bonds. The second-order valence-electron chi connectivity index (χ2n) is 7.38. The predicted molar refractivity (Wildman–Crippen MR) is 125 cm³/mol. The molecule has 6 heteroatoms. The zero-order chi connectivity index (χ0) is 21.3. The van der Waals surface area contributed by atoms with E-state index >= 15 is 0 Å². The second kappa shape index (κ2) is 7.59. The summed E-state index contributed by atoms with van der Waals surface area (Å²) in [6.07, 6.45) is 3.74. The largest absolute Gasteiger partial charge is 0.417 e. The molecule has 6 rings (SSSR count). The predicted octanol–water partition coefficient (Wildman–Crippen LogP) is 5.79. The number of aromatic nitrogens is 5. The third kappa shape index (κ3) is 3.33. The summed E-state index contributed by atoms with van der Waals surface area (Å²) in [6.45, 7) is 0. The highest BCUT2D eigenvalue weighted by molar-refractivity contribution is 6.03. The van der Waals surface area contributed by atoms with Gasteiger partial charge < -0.3 is 4.42 Å². The van der Waals surface area contributed by atoms with Crippen molar-refractivity contribution in [2.45, 2.75) is 0 Å². The minimum atomic E-state index is 0.458. The first-order valence-corrected chi connectivity index (χ1v) is 10.3. The molecule has 0 bridgehead atoms. The Kier molecular flexibility index (Phi) is 4.32. The van der Waals surface area contributed by atoms with Crippen molar-refractivity contribution < 1.29 is 4.42 Å². The summed E-state index contributed by atoms with van der Waals surface area (Å²) in [7, 11) is 0. The monoisotopic (exact) mass is 415 g/mol. The first kappa shape index (κ1) is 18.2. The number of fused-ring (bicyclic) bond motifs is 3. The lowest BCUT2D eigenvalue weighted by atomic mass is 10.1. The van der Waals surface area contributed by atoms with E-state index in [1.807, 2.05) is 78.9 Å². The molecule has 0 radical (unpaired) electrons. The Morgan fingerprint density at radius 3 is 2.38 bits per heavy atom. The van der Waals surface area contributed by atoms with Crippen molar-refractivity contribution in [3.63, 3.8) is 0 Å². The lowest BCUT2D eigenvalue weighted by Gasteiger charge is -1.99. The van der Waals surface area contributed by atoms with Gasteiger partial charge in [0, 0.05) is 17.0 Å². The maximum atomic E-state index is 5.72. The quantitative estimate of drug-likeness (QED) is 0.364. The standard InChI is InChI=1S/C26H17N5O/c1-2-7-20(8-3-1)26-28-27-24(32-26)17-12-18-10-14-21(15-11-18)31-29-23-16-13-19-6-4-5-9-22(19)25(23)30-31/h1-17H. The van der Waals surface area contributed by atoms with Gasteiger partial charge in [0.1, 0.15) is 11.0 Å². The highest BCUT2D eigenvalue weighted by atomic mass is 16.4. The van der Waals surface area contributed by atoms with Gasteiger partial charge in [0.25, 0.3) is 0 Å². The minimum Gasteiger partial charge on any atom is -0.417 e. The number of hydrogen-bond acceptors (Lipinski definition) is 5. The van der Waals surface area contributed by atoms with Gasteiger partial charge in [-0.15, -0.1) is 20.4 Å². The van der Waals surface area contributed by atoms with Crippen molar-refractivity contribution in [2.24, 2.45) is 0 Å². The molecule has 0 aliphatic rings. The molecule has 32 heavy (non-hydrogen) atoms. The van der Waals surface area contributed by atoms with E-state index < -0.39 is 0 Å². The molecule has 6 aromatic rings. The highest BCUT2D eigenvalue weighted by Crippen LogP contribution is 2.23. The number of benzene rings is 4. The number of hydrogen-bond donors (Lipinski definition) is 0. The summed E-state index contributed by atoms with van der Waals surface area (Å²) in [5.74, 6) is 0.963. The normalized spacial score (nSPS) is 11.6. The van der Waals surface area contributed by atoms with Gasteiger partial charge in [0.15, 0.2) is 0 Å². The zero-order valence-corrected chi connectivity index (χ0v) is 17.0. The summed E-state index contributed by atoms with van der Waals surface area (Å²) < 4.78 is 5.72. The van der Waals surface area contributed by atoms with E-state index in [1.54, 1.807) is 10.9 Å². The maximum Gasteiger partial charge on any atom is 0.248 e. The average Bonchev–Trinajstić information content (AvgIpc) is 3.51. The molecule has 152 valence electrons. The molecule has 0 fully saturated rings. The van der Waals surface area contributed by atoms with Crippen LogP contribution >= 0.6 is 0 Å². The fraction of sp³-hybridized carbons (Fsp3) is 0. The molecule has 0 saturated carbocycles. The molecule has 0 atom stereocenters. The third-order valence-electron chi connectivity index (χ3n) is 5.28. The van der Waals surface area contributed by atoms with Crippen molar-refractivity contribution in [1.29, 1.82) is 0 Å². The van der Waals surface area contributed by atoms with Crippen molar-refractivity contribution in [3.05, 3.63) is 102 Å². The molecule has 2 heterocycles. The zero-order valence-electron chi connectivity index (χ0n) is 17.0. The van der Waals surface area contributed by atoms with Gasteiger partial charge in [-0.2, -0.15) is 4.80 Å². The Morgan fingerprint density at radius 1 is 0.688 bits per heavy atom. The highest BCUT2D eigenvalue weighted by Gasteiger charge is 2.08. The maximum absolute atomic E-state index is 5.72.